The highest BCUT2D eigenvalue weighted by molar-refractivity contribution is 5.87. The molecule has 0 fully saturated rings. The first-order valence-corrected chi connectivity index (χ1v) is 7.80. The smallest absolute Gasteiger partial charge is 0.416 e. The van der Waals surface area contributed by atoms with Crippen molar-refractivity contribution in [2.24, 2.45) is 0 Å². The third kappa shape index (κ3) is 5.06. The topological polar surface area (TPSA) is 49.3 Å². The van der Waals surface area contributed by atoms with Gasteiger partial charge in [-0.3, -0.25) is 0 Å². The number of hydrogen-bond donors (Lipinski definition) is 2. The van der Waals surface area contributed by atoms with Gasteiger partial charge in [0.05, 0.1) is 11.1 Å². The number of carboxylic acid groups (broad SMARTS) is 1. The summed E-state index contributed by atoms with van der Waals surface area (Å²) < 4.78 is 37.9. The van der Waals surface area contributed by atoms with E-state index in [9.17, 15) is 18.0 Å². The number of halogens is 3. The van der Waals surface area contributed by atoms with Crippen molar-refractivity contribution in [2.75, 3.05) is 6.54 Å². The number of carbonyl (C=O) groups is 1. The first kappa shape index (κ1) is 19.0. The van der Waals surface area contributed by atoms with Crippen molar-refractivity contribution >= 4 is 5.97 Å². The molecule has 0 aromatic heterocycles. The second-order valence-electron chi connectivity index (χ2n) is 6.56. The fraction of sp³-hybridized carbons (Fsp3) is 0.316. The van der Waals surface area contributed by atoms with Crippen molar-refractivity contribution in [3.05, 3.63) is 70.8 Å². The number of aromatic carboxylic acids is 1. The molecule has 3 nitrogen and oxygen atoms in total. The molecule has 0 aliphatic heterocycles. The number of hydrogen-bond acceptors (Lipinski definition) is 2. The van der Waals surface area contributed by atoms with Gasteiger partial charge in [0.2, 0.25) is 0 Å². The molecule has 0 saturated heterocycles. The third-order valence-corrected chi connectivity index (χ3v) is 4.09. The van der Waals surface area contributed by atoms with Gasteiger partial charge in [-0.15, -0.1) is 0 Å². The van der Waals surface area contributed by atoms with Gasteiger partial charge in [0.1, 0.15) is 0 Å². The van der Waals surface area contributed by atoms with E-state index in [0.29, 0.717) is 13.1 Å². The van der Waals surface area contributed by atoms with Crippen LogP contribution in [0, 0.1) is 0 Å². The molecule has 0 spiro atoms. The summed E-state index contributed by atoms with van der Waals surface area (Å²) in [5, 5.41) is 12.1. The second kappa shape index (κ2) is 7.27. The van der Waals surface area contributed by atoms with E-state index in [0.717, 1.165) is 23.3 Å². The van der Waals surface area contributed by atoms with E-state index in [1.165, 1.54) is 12.1 Å². The van der Waals surface area contributed by atoms with Crippen molar-refractivity contribution in [3.8, 4) is 0 Å². The lowest BCUT2D eigenvalue weighted by Crippen LogP contribution is -2.32. The maximum atomic E-state index is 12.6. The zero-order chi connectivity index (χ0) is 18.7. The van der Waals surface area contributed by atoms with Crippen molar-refractivity contribution < 1.29 is 23.1 Å². The lowest BCUT2D eigenvalue weighted by Gasteiger charge is -2.26. The van der Waals surface area contributed by atoms with Gasteiger partial charge < -0.3 is 10.4 Å². The summed E-state index contributed by atoms with van der Waals surface area (Å²) in [5.41, 5.74) is 0.986. The molecular formula is C19H20F3NO2. The minimum atomic E-state index is -4.33. The molecule has 0 radical (unpaired) electrons. The number of nitrogens with one attached hydrogen (secondary N) is 1. The van der Waals surface area contributed by atoms with Crippen LogP contribution in [0.4, 0.5) is 13.2 Å². The fourth-order valence-corrected chi connectivity index (χ4v) is 2.50. The van der Waals surface area contributed by atoms with Crippen molar-refractivity contribution in [2.45, 2.75) is 32.0 Å². The molecule has 6 heteroatoms. The van der Waals surface area contributed by atoms with Gasteiger partial charge >= 0.3 is 12.1 Å². The Morgan fingerprint density at radius 1 is 0.960 bits per heavy atom. The predicted molar refractivity (Wildman–Crippen MR) is 89.6 cm³/mol. The Bertz CT molecular complexity index is 720. The minimum Gasteiger partial charge on any atom is -0.478 e. The Kier molecular flexibility index (Phi) is 5.52. The maximum Gasteiger partial charge on any atom is 0.416 e. The SMILES string of the molecule is CC(C)(CNCc1ccc(C(=O)O)cc1)c1ccc(C(F)(F)F)cc1. The van der Waals surface area contributed by atoms with Crippen molar-refractivity contribution in [1.82, 2.24) is 5.32 Å². The molecule has 2 N–H and O–H groups in total. The molecule has 2 aromatic carbocycles. The molecule has 0 amide bonds. The Morgan fingerprint density at radius 2 is 1.48 bits per heavy atom. The lowest BCUT2D eigenvalue weighted by atomic mass is 9.84. The van der Waals surface area contributed by atoms with Gasteiger partial charge in [-0.2, -0.15) is 13.2 Å². The Labute approximate surface area is 144 Å². The summed E-state index contributed by atoms with van der Waals surface area (Å²) in [7, 11) is 0. The molecule has 2 aromatic rings. The molecule has 0 saturated carbocycles. The third-order valence-electron chi connectivity index (χ3n) is 4.09. The Morgan fingerprint density at radius 3 is 1.96 bits per heavy atom. The van der Waals surface area contributed by atoms with Crippen LogP contribution >= 0.6 is 0 Å². The maximum absolute atomic E-state index is 12.6. The monoisotopic (exact) mass is 351 g/mol. The van der Waals surface area contributed by atoms with Crippen LogP contribution in [-0.2, 0) is 18.1 Å². The van der Waals surface area contributed by atoms with Crippen LogP contribution in [0.2, 0.25) is 0 Å². The summed E-state index contributed by atoms with van der Waals surface area (Å²) in [6, 6.07) is 11.8. The molecule has 0 aliphatic carbocycles. The molecule has 0 heterocycles. The first-order chi connectivity index (χ1) is 11.6. The highest BCUT2D eigenvalue weighted by Gasteiger charge is 2.31. The van der Waals surface area contributed by atoms with E-state index in [4.69, 9.17) is 5.11 Å². The molecule has 0 unspecified atom stereocenters. The Hall–Kier alpha value is -2.34. The van der Waals surface area contributed by atoms with E-state index in [1.807, 2.05) is 13.8 Å². The van der Waals surface area contributed by atoms with Gasteiger partial charge in [0.25, 0.3) is 0 Å². The molecule has 0 bridgehead atoms. The van der Waals surface area contributed by atoms with E-state index < -0.39 is 17.7 Å². The molecule has 0 aliphatic rings. The number of rotatable bonds is 6. The van der Waals surface area contributed by atoms with Gasteiger partial charge in [0, 0.05) is 18.5 Å². The largest absolute Gasteiger partial charge is 0.478 e. The summed E-state index contributed by atoms with van der Waals surface area (Å²) in [6.07, 6.45) is -4.33. The number of alkyl halides is 3. The van der Waals surface area contributed by atoms with Crippen LogP contribution in [0.3, 0.4) is 0 Å². The van der Waals surface area contributed by atoms with Crippen LogP contribution in [0.25, 0.3) is 0 Å². The van der Waals surface area contributed by atoms with Crippen LogP contribution in [0.1, 0.15) is 40.9 Å². The quantitative estimate of drug-likeness (QED) is 0.807. The number of benzene rings is 2. The van der Waals surface area contributed by atoms with Crippen LogP contribution in [0.5, 0.6) is 0 Å². The second-order valence-corrected chi connectivity index (χ2v) is 6.56. The zero-order valence-electron chi connectivity index (χ0n) is 14.0. The van der Waals surface area contributed by atoms with Crippen LogP contribution < -0.4 is 5.32 Å². The molecule has 2 rings (SSSR count). The summed E-state index contributed by atoms with van der Waals surface area (Å²) in [4.78, 5) is 10.8. The highest BCUT2D eigenvalue weighted by atomic mass is 19.4. The van der Waals surface area contributed by atoms with Gasteiger partial charge in [-0.1, -0.05) is 38.1 Å². The molecular weight excluding hydrogens is 331 g/mol. The first-order valence-electron chi connectivity index (χ1n) is 7.80. The average molecular weight is 351 g/mol. The standard InChI is InChI=1S/C19H20F3NO2/c1-18(2,15-7-9-16(10-8-15)19(20,21)22)12-23-11-13-3-5-14(6-4-13)17(24)25/h3-10,23H,11-12H2,1-2H3,(H,24,25). The van der Waals surface area contributed by atoms with E-state index in [1.54, 1.807) is 24.3 Å². The van der Waals surface area contributed by atoms with E-state index >= 15 is 0 Å². The van der Waals surface area contributed by atoms with Gasteiger partial charge in [0.15, 0.2) is 0 Å². The van der Waals surface area contributed by atoms with Crippen LogP contribution in [0.15, 0.2) is 48.5 Å². The summed E-state index contributed by atoms with van der Waals surface area (Å²) in [6.45, 7) is 5.02. The van der Waals surface area contributed by atoms with Crippen molar-refractivity contribution in [1.29, 1.82) is 0 Å². The molecule has 0 atom stereocenters. The number of carboxylic acids is 1. The zero-order valence-corrected chi connectivity index (χ0v) is 14.0. The lowest BCUT2D eigenvalue weighted by molar-refractivity contribution is -0.137. The van der Waals surface area contributed by atoms with Crippen LogP contribution in [-0.4, -0.2) is 17.6 Å². The average Bonchev–Trinajstić information content (AvgIpc) is 2.54. The predicted octanol–water partition coefficient (Wildman–Crippen LogP) is 4.47. The van der Waals surface area contributed by atoms with E-state index in [2.05, 4.69) is 5.32 Å². The fourth-order valence-electron chi connectivity index (χ4n) is 2.50. The highest BCUT2D eigenvalue weighted by Crippen LogP contribution is 2.31. The minimum absolute atomic E-state index is 0.230. The van der Waals surface area contributed by atoms with Gasteiger partial charge in [-0.25, -0.2) is 4.79 Å². The van der Waals surface area contributed by atoms with E-state index in [-0.39, 0.29) is 11.0 Å². The van der Waals surface area contributed by atoms with Gasteiger partial charge in [-0.05, 0) is 35.4 Å². The normalized spacial score (nSPS) is 12.2. The molecule has 134 valence electrons. The van der Waals surface area contributed by atoms with Crippen molar-refractivity contribution in [3.63, 3.8) is 0 Å². The summed E-state index contributed by atoms with van der Waals surface area (Å²) in [5.74, 6) is -0.969. The molecule has 25 heavy (non-hydrogen) atoms. The summed E-state index contributed by atoms with van der Waals surface area (Å²) >= 11 is 0. The Balaban J connectivity index is 1.95.